The molecule has 0 unspecified atom stereocenters. The number of phosphoric acid groups is 1. The van der Waals surface area contributed by atoms with Gasteiger partial charge < -0.3 is 9.05 Å². The summed E-state index contributed by atoms with van der Waals surface area (Å²) in [5.74, 6) is 0.593. The van der Waals surface area contributed by atoms with E-state index in [1.165, 1.54) is 0 Å². The average molecular weight is 405 g/mol. The molecule has 6 heteroatoms. The van der Waals surface area contributed by atoms with Crippen molar-refractivity contribution in [3.05, 3.63) is 59.7 Å². The van der Waals surface area contributed by atoms with Gasteiger partial charge in [-0.15, -0.1) is 0 Å². The first kappa shape index (κ1) is 23.5. The maximum absolute atomic E-state index is 12.2. The van der Waals surface area contributed by atoms with Crippen LogP contribution in [0.4, 0.5) is 0 Å². The van der Waals surface area contributed by atoms with E-state index in [1.54, 1.807) is 24.3 Å². The van der Waals surface area contributed by atoms with Gasteiger partial charge in [0.05, 0.1) is 0 Å². The molecule has 0 heterocycles. The Morgan fingerprint density at radius 2 is 0.962 bits per heavy atom. The minimum atomic E-state index is -4.25. The van der Waals surface area contributed by atoms with Crippen LogP contribution in [0.3, 0.4) is 0 Å². The SMILES string of the molecule is CC(C)(C)c1ccc(OP(=O)(O)Oc2ccc(C(C)(C)C)cc2)cc1.[CaH2]. The van der Waals surface area contributed by atoms with Crippen molar-refractivity contribution in [3.63, 3.8) is 0 Å². The van der Waals surface area contributed by atoms with Gasteiger partial charge in [-0.1, -0.05) is 65.8 Å². The molecular formula is C20H29CaO4P. The quantitative estimate of drug-likeness (QED) is 0.580. The first-order chi connectivity index (χ1) is 11.4. The van der Waals surface area contributed by atoms with Gasteiger partial charge in [-0.05, 0) is 46.2 Å². The molecule has 4 nitrogen and oxygen atoms in total. The summed E-state index contributed by atoms with van der Waals surface area (Å²) in [7, 11) is -4.25. The molecule has 1 N–H and O–H groups in total. The summed E-state index contributed by atoms with van der Waals surface area (Å²) in [6.07, 6.45) is 0. The predicted octanol–water partition coefficient (Wildman–Crippen LogP) is 4.92. The van der Waals surface area contributed by atoms with Gasteiger partial charge >= 0.3 is 45.6 Å². The fourth-order valence-corrected chi connectivity index (χ4v) is 3.13. The van der Waals surface area contributed by atoms with Gasteiger partial charge in [0.1, 0.15) is 11.5 Å². The maximum atomic E-state index is 12.2. The molecule has 0 radical (unpaired) electrons. The van der Waals surface area contributed by atoms with Crippen LogP contribution >= 0.6 is 7.82 Å². The van der Waals surface area contributed by atoms with Crippen LogP contribution in [0.5, 0.6) is 11.5 Å². The summed E-state index contributed by atoms with van der Waals surface area (Å²) >= 11 is 0. The number of hydrogen-bond donors (Lipinski definition) is 1. The van der Waals surface area contributed by atoms with Crippen molar-refractivity contribution in [2.24, 2.45) is 0 Å². The molecule has 0 amide bonds. The molecule has 0 atom stereocenters. The first-order valence-corrected chi connectivity index (χ1v) is 9.79. The monoisotopic (exact) mass is 404 g/mol. The van der Waals surface area contributed by atoms with Gasteiger partial charge in [0, 0.05) is 0 Å². The van der Waals surface area contributed by atoms with Crippen LogP contribution in [0.1, 0.15) is 52.7 Å². The molecule has 140 valence electrons. The molecule has 0 aromatic heterocycles. The zero-order chi connectivity index (χ0) is 18.9. The van der Waals surface area contributed by atoms with Gasteiger partial charge in [-0.25, -0.2) is 4.57 Å². The minimum absolute atomic E-state index is 0. The van der Waals surface area contributed by atoms with Gasteiger partial charge in [-0.3, -0.25) is 4.89 Å². The van der Waals surface area contributed by atoms with E-state index in [1.807, 2.05) is 24.3 Å². The van der Waals surface area contributed by atoms with Crippen molar-refractivity contribution >= 4 is 45.6 Å². The summed E-state index contributed by atoms with van der Waals surface area (Å²) in [6, 6.07) is 14.2. The third kappa shape index (κ3) is 6.90. The molecule has 0 saturated carbocycles. The molecule has 2 aromatic rings. The second-order valence-electron chi connectivity index (χ2n) is 8.20. The van der Waals surface area contributed by atoms with Crippen LogP contribution in [-0.2, 0) is 15.4 Å². The topological polar surface area (TPSA) is 55.8 Å². The fourth-order valence-electron chi connectivity index (χ4n) is 2.32. The van der Waals surface area contributed by atoms with Crippen molar-refractivity contribution in [1.82, 2.24) is 0 Å². The first-order valence-electron chi connectivity index (χ1n) is 8.30. The number of hydrogen-bond acceptors (Lipinski definition) is 3. The van der Waals surface area contributed by atoms with Crippen molar-refractivity contribution in [3.8, 4) is 11.5 Å². The Kier molecular flexibility index (Phi) is 7.84. The fraction of sp³-hybridized carbons (Fsp3) is 0.400. The van der Waals surface area contributed by atoms with E-state index in [9.17, 15) is 9.46 Å². The summed E-state index contributed by atoms with van der Waals surface area (Å²) in [4.78, 5) is 9.99. The van der Waals surface area contributed by atoms with E-state index in [-0.39, 0.29) is 48.6 Å². The molecule has 0 fully saturated rings. The Bertz CT molecular complexity index is 693. The second-order valence-corrected chi connectivity index (χ2v) is 9.50. The number of rotatable bonds is 4. The molecule has 0 bridgehead atoms. The zero-order valence-electron chi connectivity index (χ0n) is 15.7. The summed E-state index contributed by atoms with van der Waals surface area (Å²) < 4.78 is 22.5. The van der Waals surface area contributed by atoms with Gasteiger partial charge in [-0.2, -0.15) is 0 Å². The van der Waals surface area contributed by atoms with E-state index < -0.39 is 7.82 Å². The average Bonchev–Trinajstić information content (AvgIpc) is 2.45. The summed E-state index contributed by atoms with van der Waals surface area (Å²) in [5, 5.41) is 0. The molecule has 2 aromatic carbocycles. The zero-order valence-corrected chi connectivity index (χ0v) is 16.6. The van der Waals surface area contributed by atoms with Gasteiger partial charge in [0.15, 0.2) is 0 Å². The number of phosphoric ester groups is 1. The van der Waals surface area contributed by atoms with Gasteiger partial charge in [0.25, 0.3) is 0 Å². The molecule has 2 rings (SSSR count). The van der Waals surface area contributed by atoms with E-state index >= 15 is 0 Å². The third-order valence-electron chi connectivity index (χ3n) is 3.88. The Morgan fingerprint density at radius 1 is 0.692 bits per heavy atom. The van der Waals surface area contributed by atoms with Crippen molar-refractivity contribution in [2.45, 2.75) is 52.4 Å². The van der Waals surface area contributed by atoms with E-state index in [0.717, 1.165) is 11.1 Å². The molecule has 0 aliphatic carbocycles. The summed E-state index contributed by atoms with van der Waals surface area (Å²) in [6.45, 7) is 12.6. The Balaban J connectivity index is 0.00000338. The predicted molar refractivity (Wildman–Crippen MR) is 110 cm³/mol. The van der Waals surface area contributed by atoms with Crippen LogP contribution in [0.2, 0.25) is 0 Å². The van der Waals surface area contributed by atoms with Crippen LogP contribution in [0, 0.1) is 0 Å². The molecule has 0 aliphatic rings. The standard InChI is InChI=1S/C20H27O4P.Ca.2H/c1-19(2,3)15-7-11-17(12-8-15)23-25(21,22)24-18-13-9-16(10-14-18)20(4,5)6;;;/h7-14H,1-6H3,(H,21,22);;;. The summed E-state index contributed by atoms with van der Waals surface area (Å²) in [5.41, 5.74) is 2.25. The van der Waals surface area contributed by atoms with Crippen LogP contribution in [0.15, 0.2) is 48.5 Å². The van der Waals surface area contributed by atoms with Gasteiger partial charge in [0.2, 0.25) is 0 Å². The van der Waals surface area contributed by atoms with Crippen LogP contribution < -0.4 is 9.05 Å². The van der Waals surface area contributed by atoms with Crippen molar-refractivity contribution in [2.75, 3.05) is 0 Å². The molecule has 0 spiro atoms. The third-order valence-corrected chi connectivity index (χ3v) is 4.77. The Morgan fingerprint density at radius 3 is 1.19 bits per heavy atom. The second kappa shape index (κ2) is 8.67. The Hall–Kier alpha value is -0.510. The van der Waals surface area contributed by atoms with E-state index in [0.29, 0.717) is 11.5 Å². The molecular weight excluding hydrogens is 375 g/mol. The van der Waals surface area contributed by atoms with E-state index in [4.69, 9.17) is 9.05 Å². The molecule has 26 heavy (non-hydrogen) atoms. The van der Waals surface area contributed by atoms with Crippen molar-refractivity contribution in [1.29, 1.82) is 0 Å². The normalized spacial score (nSPS) is 12.3. The van der Waals surface area contributed by atoms with Crippen LogP contribution in [0.25, 0.3) is 0 Å². The molecule has 0 saturated heterocycles. The molecule has 0 aliphatic heterocycles. The van der Waals surface area contributed by atoms with Crippen LogP contribution in [-0.4, -0.2) is 42.6 Å². The Labute approximate surface area is 186 Å². The van der Waals surface area contributed by atoms with Crippen molar-refractivity contribution < 1.29 is 18.5 Å². The van der Waals surface area contributed by atoms with E-state index in [2.05, 4.69) is 41.5 Å². The number of benzene rings is 2.